The molecule has 0 spiro atoms. The van der Waals surface area contributed by atoms with Crippen LogP contribution in [0.15, 0.2) is 115 Å². The van der Waals surface area contributed by atoms with E-state index in [9.17, 15) is 0 Å². The SMILES string of the molecule is CC(C)(C)c1ccc(N2c3ccccc3B3c4cc5c(cc4N(c4ccc6c(c4)C(C)(C)CCC6(C)C)c4cc(C(C)(C)C)cc2c43)C(C)(C)CCC5(C)C)c(Cc2ccccc2)c1. The minimum Gasteiger partial charge on any atom is -0.311 e. The highest BCUT2D eigenvalue weighted by Gasteiger charge is 2.48. The van der Waals surface area contributed by atoms with Gasteiger partial charge in [0, 0.05) is 34.1 Å². The average Bonchev–Trinajstić information content (AvgIpc) is 3.23. The Morgan fingerprint density at radius 3 is 1.61 bits per heavy atom. The predicted octanol–water partition coefficient (Wildman–Crippen LogP) is 14.7. The van der Waals surface area contributed by atoms with E-state index < -0.39 is 0 Å². The van der Waals surface area contributed by atoms with Crippen molar-refractivity contribution in [3.63, 3.8) is 0 Å². The van der Waals surface area contributed by atoms with Crippen LogP contribution >= 0.6 is 0 Å². The van der Waals surface area contributed by atoms with Crippen LogP contribution < -0.4 is 26.2 Å². The fourth-order valence-electron chi connectivity index (χ4n) is 11.9. The zero-order chi connectivity index (χ0) is 45.5. The van der Waals surface area contributed by atoms with Gasteiger partial charge in [0.25, 0.3) is 6.71 Å². The van der Waals surface area contributed by atoms with Gasteiger partial charge in [0.2, 0.25) is 0 Å². The molecule has 2 aliphatic heterocycles. The highest BCUT2D eigenvalue weighted by molar-refractivity contribution is 7.00. The van der Waals surface area contributed by atoms with Crippen molar-refractivity contribution in [2.24, 2.45) is 0 Å². The molecule has 0 saturated carbocycles. The molecular weight excluding hydrogens is 771 g/mol. The first-order valence-corrected chi connectivity index (χ1v) is 24.4. The fourth-order valence-corrected chi connectivity index (χ4v) is 11.9. The summed E-state index contributed by atoms with van der Waals surface area (Å²) in [5.74, 6) is 0. The van der Waals surface area contributed by atoms with E-state index in [-0.39, 0.29) is 39.2 Å². The number of fused-ring (bicyclic) bond motifs is 6. The van der Waals surface area contributed by atoms with Gasteiger partial charge in [-0.25, -0.2) is 0 Å². The molecule has 6 aromatic carbocycles. The molecule has 0 radical (unpaired) electrons. The molecule has 2 nitrogen and oxygen atoms in total. The van der Waals surface area contributed by atoms with Crippen LogP contribution in [0.1, 0.15) is 167 Å². The van der Waals surface area contributed by atoms with Gasteiger partial charge in [0.15, 0.2) is 0 Å². The summed E-state index contributed by atoms with van der Waals surface area (Å²) >= 11 is 0. The lowest BCUT2D eigenvalue weighted by atomic mass is 9.33. The second-order valence-corrected chi connectivity index (χ2v) is 24.8. The normalized spacial score (nSPS) is 18.7. The van der Waals surface area contributed by atoms with Crippen LogP contribution in [-0.4, -0.2) is 6.71 Å². The predicted molar refractivity (Wildman–Crippen MR) is 278 cm³/mol. The second-order valence-electron chi connectivity index (χ2n) is 24.8. The van der Waals surface area contributed by atoms with Crippen molar-refractivity contribution in [2.75, 3.05) is 9.80 Å². The third-order valence-corrected chi connectivity index (χ3v) is 16.3. The van der Waals surface area contributed by atoms with Crippen LogP contribution in [0.4, 0.5) is 34.1 Å². The van der Waals surface area contributed by atoms with E-state index in [2.05, 4.69) is 222 Å². The van der Waals surface area contributed by atoms with E-state index in [1.807, 2.05) is 0 Å². The van der Waals surface area contributed by atoms with E-state index >= 15 is 0 Å². The van der Waals surface area contributed by atoms with Crippen molar-refractivity contribution in [3.05, 3.63) is 160 Å². The summed E-state index contributed by atoms with van der Waals surface area (Å²) in [6, 6.07) is 45.8. The summed E-state index contributed by atoms with van der Waals surface area (Å²) in [6.07, 6.45) is 5.62. The molecule has 2 aliphatic carbocycles. The molecule has 0 fully saturated rings. The zero-order valence-electron chi connectivity index (χ0n) is 41.5. The Labute approximate surface area is 386 Å². The maximum absolute atomic E-state index is 2.72. The van der Waals surface area contributed by atoms with Crippen LogP contribution in [0.25, 0.3) is 0 Å². The van der Waals surface area contributed by atoms with E-state index in [1.54, 1.807) is 0 Å². The van der Waals surface area contributed by atoms with Gasteiger partial charge in [0.05, 0.1) is 0 Å². The van der Waals surface area contributed by atoms with Crippen LogP contribution in [0.3, 0.4) is 0 Å². The lowest BCUT2D eigenvalue weighted by molar-refractivity contribution is 0.332. The Bertz CT molecular complexity index is 2840. The first kappa shape index (κ1) is 42.9. The molecule has 0 saturated heterocycles. The minimum atomic E-state index is -0.0949. The molecule has 0 aromatic heterocycles. The Balaban J connectivity index is 1.32. The topological polar surface area (TPSA) is 6.48 Å². The Morgan fingerprint density at radius 2 is 0.984 bits per heavy atom. The third-order valence-electron chi connectivity index (χ3n) is 16.3. The summed E-state index contributed by atoms with van der Waals surface area (Å²) in [4.78, 5) is 5.38. The molecule has 10 rings (SSSR count). The maximum Gasteiger partial charge on any atom is 0.252 e. The number of hydrogen-bond donors (Lipinski definition) is 0. The van der Waals surface area contributed by atoms with Gasteiger partial charge in [-0.2, -0.15) is 0 Å². The van der Waals surface area contributed by atoms with Crippen molar-refractivity contribution in [1.29, 1.82) is 0 Å². The third kappa shape index (κ3) is 6.81. The molecule has 0 atom stereocenters. The zero-order valence-corrected chi connectivity index (χ0v) is 41.5. The quantitative estimate of drug-likeness (QED) is 0.163. The molecule has 0 bridgehead atoms. The fraction of sp³-hybridized carbons (Fsp3) is 0.410. The summed E-state index contributed by atoms with van der Waals surface area (Å²) in [7, 11) is 0. The number of benzene rings is 6. The van der Waals surface area contributed by atoms with E-state index in [1.165, 1.54) is 121 Å². The standard InChI is InChI=1S/C61H71BN2/c1-56(2,3)41-24-27-50(40(33-41)32-39-20-16-15-17-21-39)64-51-23-19-18-22-48(51)62-49-37-46-47(61(13,14)31-30-60(46,11)12)38-52(49)63(53-34-42(57(4,5)6)35-54(64)55(53)62)43-25-26-44-45(36-43)59(9,10)29-28-58(44,7)8/h15-27,33-38H,28-32H2,1-14H3. The Hall–Kier alpha value is -5.02. The van der Waals surface area contributed by atoms with Crippen molar-refractivity contribution in [1.82, 2.24) is 0 Å². The van der Waals surface area contributed by atoms with Crippen LogP contribution in [-0.2, 0) is 38.9 Å². The van der Waals surface area contributed by atoms with E-state index in [0.29, 0.717) is 0 Å². The van der Waals surface area contributed by atoms with Gasteiger partial charge in [-0.05, 0) is 168 Å². The summed E-state index contributed by atoms with van der Waals surface area (Å²) in [6.45, 7) is 34.1. The van der Waals surface area contributed by atoms with Gasteiger partial charge in [0.1, 0.15) is 0 Å². The highest BCUT2D eigenvalue weighted by atomic mass is 15.2. The number of rotatable bonds is 4. The lowest BCUT2D eigenvalue weighted by Gasteiger charge is -2.48. The highest BCUT2D eigenvalue weighted by Crippen LogP contribution is 2.53. The molecule has 0 unspecified atom stereocenters. The number of anilines is 6. The number of hydrogen-bond acceptors (Lipinski definition) is 2. The van der Waals surface area contributed by atoms with Crippen molar-refractivity contribution in [3.8, 4) is 0 Å². The van der Waals surface area contributed by atoms with Gasteiger partial charge < -0.3 is 9.80 Å². The average molecular weight is 843 g/mol. The number of nitrogens with zero attached hydrogens (tertiary/aromatic N) is 2. The smallest absolute Gasteiger partial charge is 0.252 e. The summed E-state index contributed by atoms with van der Waals surface area (Å²) in [5.41, 5.74) is 23.7. The van der Waals surface area contributed by atoms with Crippen LogP contribution in [0.2, 0.25) is 0 Å². The first-order chi connectivity index (χ1) is 30.0. The molecular formula is C61H71BN2. The van der Waals surface area contributed by atoms with Crippen molar-refractivity contribution < 1.29 is 0 Å². The van der Waals surface area contributed by atoms with E-state index in [0.717, 1.165) is 6.42 Å². The lowest BCUT2D eigenvalue weighted by Crippen LogP contribution is -2.62. The van der Waals surface area contributed by atoms with Crippen LogP contribution in [0.5, 0.6) is 0 Å². The molecule has 4 aliphatic rings. The van der Waals surface area contributed by atoms with Gasteiger partial charge >= 0.3 is 0 Å². The summed E-state index contributed by atoms with van der Waals surface area (Å²) < 4.78 is 0. The largest absolute Gasteiger partial charge is 0.311 e. The number of para-hydroxylation sites is 1. The van der Waals surface area contributed by atoms with Crippen molar-refractivity contribution >= 4 is 57.2 Å². The molecule has 328 valence electrons. The van der Waals surface area contributed by atoms with Crippen LogP contribution in [0, 0.1) is 0 Å². The monoisotopic (exact) mass is 843 g/mol. The van der Waals surface area contributed by atoms with Crippen molar-refractivity contribution in [2.45, 2.75) is 162 Å². The molecule has 2 heterocycles. The summed E-state index contributed by atoms with van der Waals surface area (Å²) in [5, 5.41) is 0. The second kappa shape index (κ2) is 14.2. The molecule has 6 aromatic rings. The van der Waals surface area contributed by atoms with Gasteiger partial charge in [-0.1, -0.05) is 170 Å². The molecule has 64 heavy (non-hydrogen) atoms. The first-order valence-electron chi connectivity index (χ1n) is 24.4. The molecule has 0 amide bonds. The van der Waals surface area contributed by atoms with Gasteiger partial charge in [-0.15, -0.1) is 0 Å². The van der Waals surface area contributed by atoms with Gasteiger partial charge in [-0.3, -0.25) is 0 Å². The Kier molecular flexibility index (Phi) is 9.55. The molecule has 0 N–H and O–H groups in total. The molecule has 3 heteroatoms. The maximum atomic E-state index is 2.72. The Morgan fingerprint density at radius 1 is 0.438 bits per heavy atom. The van der Waals surface area contributed by atoms with E-state index in [4.69, 9.17) is 0 Å². The minimum absolute atomic E-state index is 0.0184.